The molecule has 8 nitrogen and oxygen atoms in total. The average molecular weight is 293 g/mol. The number of aryl methyl sites for hydroxylation is 1. The molecule has 2 aliphatic heterocycles. The fraction of sp³-hybridized carbons (Fsp3) is 0.692. The fourth-order valence-corrected chi connectivity index (χ4v) is 2.94. The molecule has 1 aromatic rings. The first-order valence-corrected chi connectivity index (χ1v) is 7.17. The minimum Gasteiger partial charge on any atom is -0.453 e. The zero-order valence-electron chi connectivity index (χ0n) is 12.1. The molecule has 3 heterocycles. The molecule has 0 aliphatic carbocycles. The van der Waals surface area contributed by atoms with Crippen LogP contribution in [-0.2, 0) is 22.5 Å². The van der Waals surface area contributed by atoms with Crippen LogP contribution in [-0.4, -0.2) is 69.9 Å². The van der Waals surface area contributed by atoms with Crippen LogP contribution in [0.2, 0.25) is 0 Å². The van der Waals surface area contributed by atoms with Crippen molar-refractivity contribution in [3.8, 4) is 0 Å². The Balaban J connectivity index is 1.57. The lowest BCUT2D eigenvalue weighted by molar-refractivity contribution is -0.138. The van der Waals surface area contributed by atoms with Gasteiger partial charge in [0.25, 0.3) is 0 Å². The fourth-order valence-electron chi connectivity index (χ4n) is 2.94. The van der Waals surface area contributed by atoms with Crippen molar-refractivity contribution >= 4 is 12.0 Å². The van der Waals surface area contributed by atoms with Crippen LogP contribution in [0.5, 0.6) is 0 Å². The molecule has 1 aromatic heterocycles. The van der Waals surface area contributed by atoms with Crippen molar-refractivity contribution in [1.82, 2.24) is 24.6 Å². The maximum atomic E-state index is 12.6. The van der Waals surface area contributed by atoms with Crippen LogP contribution < -0.4 is 0 Å². The van der Waals surface area contributed by atoms with Crippen molar-refractivity contribution in [3.05, 3.63) is 12.2 Å². The van der Waals surface area contributed by atoms with Gasteiger partial charge in [-0.05, 0) is 6.42 Å². The second kappa shape index (κ2) is 5.71. The summed E-state index contributed by atoms with van der Waals surface area (Å²) >= 11 is 0. The average Bonchev–Trinajstić information content (AvgIpc) is 3.01. The van der Waals surface area contributed by atoms with Crippen molar-refractivity contribution < 1.29 is 14.3 Å². The van der Waals surface area contributed by atoms with Crippen LogP contribution in [0.25, 0.3) is 0 Å². The predicted octanol–water partition coefficient (Wildman–Crippen LogP) is -0.249. The Hall–Kier alpha value is -2.12. The topological polar surface area (TPSA) is 80.6 Å². The molecular formula is C13H19N5O3. The van der Waals surface area contributed by atoms with Gasteiger partial charge in [0.05, 0.1) is 19.6 Å². The summed E-state index contributed by atoms with van der Waals surface area (Å²) in [6.45, 7) is 2.79. The highest BCUT2D eigenvalue weighted by atomic mass is 16.5. The highest BCUT2D eigenvalue weighted by molar-refractivity contribution is 5.79. The zero-order chi connectivity index (χ0) is 14.8. The molecule has 0 saturated carbocycles. The van der Waals surface area contributed by atoms with Crippen LogP contribution in [0.15, 0.2) is 6.33 Å². The quantitative estimate of drug-likeness (QED) is 0.713. The van der Waals surface area contributed by atoms with Crippen molar-refractivity contribution in [3.63, 3.8) is 0 Å². The SMILES string of the molecule is COC(=O)N1CCN(C(=O)C2CCc3ncnn3C2)CC1. The molecule has 2 aliphatic rings. The first kappa shape index (κ1) is 13.8. The Morgan fingerprint density at radius 3 is 2.67 bits per heavy atom. The number of hydrogen-bond donors (Lipinski definition) is 0. The third kappa shape index (κ3) is 2.70. The number of carbonyl (C=O) groups is 2. The van der Waals surface area contributed by atoms with E-state index in [2.05, 4.69) is 10.1 Å². The third-order valence-electron chi connectivity index (χ3n) is 4.18. The van der Waals surface area contributed by atoms with Crippen LogP contribution in [0.3, 0.4) is 0 Å². The Kier molecular flexibility index (Phi) is 3.76. The smallest absolute Gasteiger partial charge is 0.409 e. The number of carbonyl (C=O) groups excluding carboxylic acids is 2. The summed E-state index contributed by atoms with van der Waals surface area (Å²) in [5.74, 6) is 1.07. The number of ether oxygens (including phenoxy) is 1. The number of piperazine rings is 1. The molecule has 0 N–H and O–H groups in total. The molecule has 8 heteroatoms. The Bertz CT molecular complexity index is 536. The number of methoxy groups -OCH3 is 1. The van der Waals surface area contributed by atoms with Gasteiger partial charge in [-0.2, -0.15) is 5.10 Å². The van der Waals surface area contributed by atoms with Crippen molar-refractivity contribution in [2.24, 2.45) is 5.92 Å². The zero-order valence-corrected chi connectivity index (χ0v) is 12.1. The van der Waals surface area contributed by atoms with Gasteiger partial charge in [0, 0.05) is 32.6 Å². The molecule has 1 atom stereocenters. The monoisotopic (exact) mass is 293 g/mol. The van der Waals surface area contributed by atoms with E-state index in [9.17, 15) is 9.59 Å². The molecule has 0 bridgehead atoms. The second-order valence-electron chi connectivity index (χ2n) is 5.38. The number of hydrogen-bond acceptors (Lipinski definition) is 5. The molecular weight excluding hydrogens is 274 g/mol. The van der Waals surface area contributed by atoms with E-state index >= 15 is 0 Å². The molecule has 1 saturated heterocycles. The molecule has 2 amide bonds. The van der Waals surface area contributed by atoms with Crippen molar-refractivity contribution in [1.29, 1.82) is 0 Å². The molecule has 0 aromatic carbocycles. The van der Waals surface area contributed by atoms with Crippen LogP contribution in [0, 0.1) is 5.92 Å². The van der Waals surface area contributed by atoms with Crippen molar-refractivity contribution in [2.75, 3.05) is 33.3 Å². The lowest BCUT2D eigenvalue weighted by Gasteiger charge is -2.36. The summed E-state index contributed by atoms with van der Waals surface area (Å²) in [4.78, 5) is 31.6. The van der Waals surface area contributed by atoms with Crippen LogP contribution >= 0.6 is 0 Å². The van der Waals surface area contributed by atoms with E-state index in [1.165, 1.54) is 13.4 Å². The van der Waals surface area contributed by atoms with E-state index < -0.39 is 0 Å². The summed E-state index contributed by atoms with van der Waals surface area (Å²) in [6.07, 6.45) is 2.82. The Morgan fingerprint density at radius 2 is 1.95 bits per heavy atom. The van der Waals surface area contributed by atoms with Gasteiger partial charge in [0.1, 0.15) is 12.2 Å². The van der Waals surface area contributed by atoms with Gasteiger partial charge in [0.2, 0.25) is 5.91 Å². The lowest BCUT2D eigenvalue weighted by Crippen LogP contribution is -2.52. The van der Waals surface area contributed by atoms with Gasteiger partial charge in [-0.25, -0.2) is 14.5 Å². The van der Waals surface area contributed by atoms with Gasteiger partial charge in [-0.15, -0.1) is 0 Å². The summed E-state index contributed by atoms with van der Waals surface area (Å²) < 4.78 is 6.51. The van der Waals surface area contributed by atoms with Gasteiger partial charge in [0.15, 0.2) is 0 Å². The van der Waals surface area contributed by atoms with Crippen LogP contribution in [0.4, 0.5) is 4.79 Å². The van der Waals surface area contributed by atoms with E-state index in [0.29, 0.717) is 32.7 Å². The highest BCUT2D eigenvalue weighted by Gasteiger charge is 2.31. The van der Waals surface area contributed by atoms with Gasteiger partial charge < -0.3 is 14.5 Å². The molecule has 21 heavy (non-hydrogen) atoms. The Labute approximate surface area is 122 Å². The highest BCUT2D eigenvalue weighted by Crippen LogP contribution is 2.20. The summed E-state index contributed by atoms with van der Waals surface area (Å²) in [6, 6.07) is 0. The summed E-state index contributed by atoms with van der Waals surface area (Å²) in [5, 5.41) is 4.15. The maximum absolute atomic E-state index is 12.6. The second-order valence-corrected chi connectivity index (χ2v) is 5.38. The molecule has 0 radical (unpaired) electrons. The largest absolute Gasteiger partial charge is 0.453 e. The predicted molar refractivity (Wildman–Crippen MR) is 72.4 cm³/mol. The summed E-state index contributed by atoms with van der Waals surface area (Å²) in [5.41, 5.74) is 0. The standard InChI is InChI=1S/C13H19N5O3/c1-21-13(20)17-6-4-16(5-7-17)12(19)10-2-3-11-14-9-15-18(11)8-10/h9-10H,2-8H2,1H3. The first-order valence-electron chi connectivity index (χ1n) is 7.17. The third-order valence-corrected chi connectivity index (χ3v) is 4.18. The molecule has 0 spiro atoms. The lowest BCUT2D eigenvalue weighted by atomic mass is 9.98. The number of nitrogens with zero attached hydrogens (tertiary/aromatic N) is 5. The minimum absolute atomic E-state index is 0.0381. The van der Waals surface area contributed by atoms with E-state index in [1.54, 1.807) is 4.90 Å². The minimum atomic E-state index is -0.327. The molecule has 1 fully saturated rings. The van der Waals surface area contributed by atoms with Gasteiger partial charge >= 0.3 is 6.09 Å². The van der Waals surface area contributed by atoms with E-state index in [-0.39, 0.29) is 17.9 Å². The maximum Gasteiger partial charge on any atom is 0.409 e. The molecule has 1 unspecified atom stereocenters. The van der Waals surface area contributed by atoms with Crippen LogP contribution in [0.1, 0.15) is 12.2 Å². The molecule has 3 rings (SSSR count). The normalized spacial score (nSPS) is 21.9. The van der Waals surface area contributed by atoms with Crippen molar-refractivity contribution in [2.45, 2.75) is 19.4 Å². The van der Waals surface area contributed by atoms with E-state index in [4.69, 9.17) is 4.74 Å². The number of amides is 2. The van der Waals surface area contributed by atoms with Gasteiger partial charge in [-0.1, -0.05) is 0 Å². The number of rotatable bonds is 1. The van der Waals surface area contributed by atoms with Gasteiger partial charge in [-0.3, -0.25) is 4.79 Å². The Morgan fingerprint density at radius 1 is 1.24 bits per heavy atom. The van der Waals surface area contributed by atoms with E-state index in [0.717, 1.165) is 18.7 Å². The first-order chi connectivity index (χ1) is 10.2. The molecule has 114 valence electrons. The number of aromatic nitrogens is 3. The number of fused-ring (bicyclic) bond motifs is 1. The van der Waals surface area contributed by atoms with E-state index in [1.807, 2.05) is 9.58 Å². The summed E-state index contributed by atoms with van der Waals surface area (Å²) in [7, 11) is 1.37.